The second-order valence-corrected chi connectivity index (χ2v) is 8.29. The van der Waals surface area contributed by atoms with Crippen molar-refractivity contribution in [1.29, 1.82) is 0 Å². The molecule has 1 fully saturated rings. The molecule has 0 aliphatic carbocycles. The smallest absolute Gasteiger partial charge is 0.276 e. The summed E-state index contributed by atoms with van der Waals surface area (Å²) in [6.07, 6.45) is 1.80. The van der Waals surface area contributed by atoms with E-state index in [4.69, 9.17) is 4.52 Å². The lowest BCUT2D eigenvalue weighted by atomic mass is 10.3. The zero-order valence-corrected chi connectivity index (χ0v) is 14.3. The van der Waals surface area contributed by atoms with Gasteiger partial charge in [-0.05, 0) is 17.9 Å². The first-order valence-electron chi connectivity index (χ1n) is 7.20. The monoisotopic (exact) mass is 355 g/mol. The van der Waals surface area contributed by atoms with Gasteiger partial charge in [-0.3, -0.25) is 4.79 Å². The number of hydrogen-bond acceptors (Lipinski definition) is 6. The Kier molecular flexibility index (Phi) is 4.51. The Morgan fingerprint density at radius 3 is 2.83 bits per heavy atom. The molecule has 2 aromatic rings. The number of hydrogen-bond donors (Lipinski definition) is 0. The minimum Gasteiger partial charge on any atom is -0.355 e. The SMILES string of the molecule is CS(=O)(=O)N1CCCN(C(=O)c2cc(-c3cccs3)on2)CC1. The van der Waals surface area contributed by atoms with Gasteiger partial charge in [0, 0.05) is 32.2 Å². The molecule has 0 N–H and O–H groups in total. The number of rotatable bonds is 3. The van der Waals surface area contributed by atoms with Crippen LogP contribution in [-0.4, -0.2) is 61.1 Å². The van der Waals surface area contributed by atoms with Gasteiger partial charge in [0.2, 0.25) is 10.0 Å². The molecule has 1 saturated heterocycles. The fourth-order valence-electron chi connectivity index (χ4n) is 2.50. The Morgan fingerprint density at radius 2 is 2.13 bits per heavy atom. The van der Waals surface area contributed by atoms with E-state index >= 15 is 0 Å². The lowest BCUT2D eigenvalue weighted by molar-refractivity contribution is 0.0754. The molecule has 2 aromatic heterocycles. The molecule has 1 aliphatic heterocycles. The molecule has 0 aromatic carbocycles. The van der Waals surface area contributed by atoms with Crippen molar-refractivity contribution in [2.45, 2.75) is 6.42 Å². The first-order valence-corrected chi connectivity index (χ1v) is 9.93. The average molecular weight is 355 g/mol. The highest BCUT2D eigenvalue weighted by Gasteiger charge is 2.26. The minimum absolute atomic E-state index is 0.230. The van der Waals surface area contributed by atoms with Crippen molar-refractivity contribution in [1.82, 2.24) is 14.4 Å². The Hall–Kier alpha value is -1.71. The van der Waals surface area contributed by atoms with Crippen molar-refractivity contribution in [2.75, 3.05) is 32.4 Å². The van der Waals surface area contributed by atoms with Crippen LogP contribution in [0.4, 0.5) is 0 Å². The van der Waals surface area contributed by atoms with Crippen molar-refractivity contribution in [3.63, 3.8) is 0 Å². The van der Waals surface area contributed by atoms with E-state index in [1.165, 1.54) is 21.9 Å². The molecule has 0 radical (unpaired) electrons. The molecule has 0 unspecified atom stereocenters. The first kappa shape index (κ1) is 16.2. The molecule has 124 valence electrons. The average Bonchev–Trinajstić information content (AvgIpc) is 3.11. The molecule has 1 aliphatic rings. The molecule has 9 heteroatoms. The molecule has 3 heterocycles. The number of amides is 1. The standard InChI is InChI=1S/C14H17N3O4S2/c1-23(19,20)17-6-3-5-16(7-8-17)14(18)11-10-12(21-15-11)13-4-2-9-22-13/h2,4,9-10H,3,5-8H2,1H3. The van der Waals surface area contributed by atoms with Gasteiger partial charge in [0.1, 0.15) is 0 Å². The molecular weight excluding hydrogens is 338 g/mol. The van der Waals surface area contributed by atoms with Crippen LogP contribution in [0.3, 0.4) is 0 Å². The van der Waals surface area contributed by atoms with Gasteiger partial charge in [-0.1, -0.05) is 11.2 Å². The highest BCUT2D eigenvalue weighted by molar-refractivity contribution is 7.88. The summed E-state index contributed by atoms with van der Waals surface area (Å²) < 4.78 is 29.9. The topological polar surface area (TPSA) is 83.7 Å². The maximum Gasteiger partial charge on any atom is 0.276 e. The lowest BCUT2D eigenvalue weighted by Crippen LogP contribution is -2.37. The number of carbonyl (C=O) groups is 1. The van der Waals surface area contributed by atoms with Gasteiger partial charge < -0.3 is 9.42 Å². The zero-order chi connectivity index (χ0) is 16.4. The summed E-state index contributed by atoms with van der Waals surface area (Å²) in [6, 6.07) is 5.43. The van der Waals surface area contributed by atoms with E-state index in [2.05, 4.69) is 5.16 Å². The van der Waals surface area contributed by atoms with Crippen molar-refractivity contribution in [3.05, 3.63) is 29.3 Å². The maximum absolute atomic E-state index is 12.5. The number of thiophene rings is 1. The molecule has 23 heavy (non-hydrogen) atoms. The van der Waals surface area contributed by atoms with Gasteiger partial charge >= 0.3 is 0 Å². The quantitative estimate of drug-likeness (QED) is 0.833. The normalized spacial score (nSPS) is 17.2. The van der Waals surface area contributed by atoms with Crippen LogP contribution >= 0.6 is 11.3 Å². The summed E-state index contributed by atoms with van der Waals surface area (Å²) in [6.45, 7) is 1.60. The van der Waals surface area contributed by atoms with Crippen LogP contribution in [-0.2, 0) is 10.0 Å². The Labute approximate surface area is 138 Å². The molecule has 3 rings (SSSR count). The second kappa shape index (κ2) is 6.42. The largest absolute Gasteiger partial charge is 0.355 e. The van der Waals surface area contributed by atoms with Crippen molar-refractivity contribution < 1.29 is 17.7 Å². The number of sulfonamides is 1. The van der Waals surface area contributed by atoms with Crippen LogP contribution in [0.5, 0.6) is 0 Å². The molecule has 0 spiro atoms. The van der Waals surface area contributed by atoms with Gasteiger partial charge in [0.25, 0.3) is 5.91 Å². The predicted molar refractivity (Wildman–Crippen MR) is 86.8 cm³/mol. The zero-order valence-electron chi connectivity index (χ0n) is 12.6. The van der Waals surface area contributed by atoms with Gasteiger partial charge in [-0.15, -0.1) is 11.3 Å². The van der Waals surface area contributed by atoms with E-state index in [-0.39, 0.29) is 11.6 Å². The van der Waals surface area contributed by atoms with E-state index in [9.17, 15) is 13.2 Å². The summed E-state index contributed by atoms with van der Waals surface area (Å²) in [5.74, 6) is 0.336. The fourth-order valence-corrected chi connectivity index (χ4v) is 4.05. The van der Waals surface area contributed by atoms with Crippen LogP contribution in [0, 0.1) is 0 Å². The van der Waals surface area contributed by atoms with Gasteiger partial charge in [0.15, 0.2) is 11.5 Å². The summed E-state index contributed by atoms with van der Waals surface area (Å²) in [4.78, 5) is 15.1. The van der Waals surface area contributed by atoms with E-state index in [1.54, 1.807) is 11.0 Å². The van der Waals surface area contributed by atoms with Crippen LogP contribution in [0.2, 0.25) is 0 Å². The highest BCUT2D eigenvalue weighted by atomic mass is 32.2. The molecule has 0 atom stereocenters. The first-order chi connectivity index (χ1) is 10.9. The highest BCUT2D eigenvalue weighted by Crippen LogP contribution is 2.25. The van der Waals surface area contributed by atoms with Gasteiger partial charge in [-0.25, -0.2) is 12.7 Å². The van der Waals surface area contributed by atoms with E-state index in [1.807, 2.05) is 17.5 Å². The third-order valence-electron chi connectivity index (χ3n) is 3.70. The summed E-state index contributed by atoms with van der Waals surface area (Å²) in [5, 5.41) is 5.78. The van der Waals surface area contributed by atoms with E-state index < -0.39 is 10.0 Å². The molecule has 0 bridgehead atoms. The van der Waals surface area contributed by atoms with Crippen molar-refractivity contribution >= 4 is 27.3 Å². The van der Waals surface area contributed by atoms with E-state index in [0.717, 1.165) is 4.88 Å². The molecule has 7 nitrogen and oxygen atoms in total. The Morgan fingerprint density at radius 1 is 1.30 bits per heavy atom. The maximum atomic E-state index is 12.5. The van der Waals surface area contributed by atoms with Crippen LogP contribution in [0.25, 0.3) is 10.6 Å². The van der Waals surface area contributed by atoms with Crippen LogP contribution < -0.4 is 0 Å². The van der Waals surface area contributed by atoms with Crippen LogP contribution in [0.1, 0.15) is 16.9 Å². The number of carbonyl (C=O) groups excluding carboxylic acids is 1. The summed E-state index contributed by atoms with van der Waals surface area (Å²) in [5.41, 5.74) is 0.251. The lowest BCUT2D eigenvalue weighted by Gasteiger charge is -2.19. The molecule has 1 amide bonds. The van der Waals surface area contributed by atoms with Crippen molar-refractivity contribution in [2.24, 2.45) is 0 Å². The minimum atomic E-state index is -3.23. The van der Waals surface area contributed by atoms with Crippen molar-refractivity contribution in [3.8, 4) is 10.6 Å². The Balaban J connectivity index is 1.71. The third-order valence-corrected chi connectivity index (χ3v) is 5.89. The van der Waals surface area contributed by atoms with Gasteiger partial charge in [-0.2, -0.15) is 0 Å². The third kappa shape index (κ3) is 3.62. The van der Waals surface area contributed by atoms with Crippen LogP contribution in [0.15, 0.2) is 28.1 Å². The summed E-state index contributed by atoms with van der Waals surface area (Å²) in [7, 11) is -3.23. The predicted octanol–water partition coefficient (Wildman–Crippen LogP) is 1.51. The Bertz CT molecular complexity index is 783. The number of aromatic nitrogens is 1. The molecule has 0 saturated carbocycles. The second-order valence-electron chi connectivity index (χ2n) is 5.36. The summed E-state index contributed by atoms with van der Waals surface area (Å²) >= 11 is 1.51. The fraction of sp³-hybridized carbons (Fsp3) is 0.429. The van der Waals surface area contributed by atoms with E-state index in [0.29, 0.717) is 38.4 Å². The molecular formula is C14H17N3O4S2. The van der Waals surface area contributed by atoms with Gasteiger partial charge in [0.05, 0.1) is 11.1 Å². The number of nitrogens with zero attached hydrogens (tertiary/aromatic N) is 3.